The summed E-state index contributed by atoms with van der Waals surface area (Å²) in [5.74, 6) is 1.20. The Bertz CT molecular complexity index is 897. The molecule has 1 atom stereocenters. The number of rotatable bonds is 8. The molecule has 7 heteroatoms. The number of non-ortho nitro benzene ring substituents is 1. The molecule has 7 nitrogen and oxygen atoms in total. The largest absolute Gasteiger partial charge is 0.493 e. The van der Waals surface area contributed by atoms with Gasteiger partial charge in [-0.15, -0.1) is 0 Å². The first-order valence-corrected chi connectivity index (χ1v) is 9.83. The molecule has 2 aromatic carbocycles. The number of nitrogens with zero attached hydrogens (tertiary/aromatic N) is 2. The van der Waals surface area contributed by atoms with E-state index in [1.807, 2.05) is 45.0 Å². The standard InChI is InChI=1S/C22H26N2O5/c1-15(2)21-22(25)23(18-14-17(24(26)27)10-11-20(18)29-21)12-6-7-13-28-19-9-5-4-8-16(19)3/h4-5,8-11,14-15,21H,6-7,12-13H2,1-3H3. The van der Waals surface area contributed by atoms with E-state index >= 15 is 0 Å². The first kappa shape index (κ1) is 20.6. The predicted molar refractivity (Wildman–Crippen MR) is 111 cm³/mol. The zero-order valence-electron chi connectivity index (χ0n) is 17.0. The maximum Gasteiger partial charge on any atom is 0.271 e. The second-order valence-corrected chi connectivity index (χ2v) is 7.50. The molecule has 0 fully saturated rings. The van der Waals surface area contributed by atoms with Crippen LogP contribution in [0.5, 0.6) is 11.5 Å². The molecule has 3 rings (SSSR count). The van der Waals surface area contributed by atoms with Crippen LogP contribution in [0.1, 0.15) is 32.3 Å². The number of benzene rings is 2. The number of carbonyl (C=O) groups excluding carboxylic acids is 1. The van der Waals surface area contributed by atoms with Crippen molar-refractivity contribution in [2.75, 3.05) is 18.1 Å². The minimum Gasteiger partial charge on any atom is -0.493 e. The van der Waals surface area contributed by atoms with Gasteiger partial charge in [-0.3, -0.25) is 14.9 Å². The second-order valence-electron chi connectivity index (χ2n) is 7.50. The summed E-state index contributed by atoms with van der Waals surface area (Å²) in [4.78, 5) is 25.2. The van der Waals surface area contributed by atoms with Gasteiger partial charge in [-0.05, 0) is 43.4 Å². The Morgan fingerprint density at radius 3 is 2.66 bits per heavy atom. The summed E-state index contributed by atoms with van der Waals surface area (Å²) < 4.78 is 11.6. The number of amides is 1. The zero-order valence-corrected chi connectivity index (χ0v) is 17.0. The second kappa shape index (κ2) is 8.94. The Kier molecular flexibility index (Phi) is 6.36. The molecule has 1 aliphatic rings. The molecular formula is C22H26N2O5. The highest BCUT2D eigenvalue weighted by atomic mass is 16.6. The molecule has 0 saturated carbocycles. The van der Waals surface area contributed by atoms with Crippen LogP contribution in [-0.2, 0) is 4.79 Å². The topological polar surface area (TPSA) is 81.9 Å². The molecule has 0 radical (unpaired) electrons. The molecule has 0 spiro atoms. The minimum absolute atomic E-state index is 0.00210. The van der Waals surface area contributed by atoms with Crippen LogP contribution in [0.3, 0.4) is 0 Å². The van der Waals surface area contributed by atoms with Gasteiger partial charge in [-0.2, -0.15) is 0 Å². The number of aryl methyl sites for hydroxylation is 1. The molecule has 0 aromatic heterocycles. The van der Waals surface area contributed by atoms with E-state index in [2.05, 4.69) is 0 Å². The number of hydrogen-bond donors (Lipinski definition) is 0. The zero-order chi connectivity index (χ0) is 21.0. The van der Waals surface area contributed by atoms with Crippen molar-refractivity contribution in [2.45, 2.75) is 39.7 Å². The van der Waals surface area contributed by atoms with Gasteiger partial charge in [0.2, 0.25) is 0 Å². The van der Waals surface area contributed by atoms with Crippen molar-refractivity contribution in [1.82, 2.24) is 0 Å². The lowest BCUT2D eigenvalue weighted by Gasteiger charge is -2.35. The third-order valence-electron chi connectivity index (χ3n) is 4.94. The third kappa shape index (κ3) is 4.67. The molecule has 154 valence electrons. The normalized spacial score (nSPS) is 15.8. The number of nitro benzene ring substituents is 1. The summed E-state index contributed by atoms with van der Waals surface area (Å²) in [7, 11) is 0. The fourth-order valence-corrected chi connectivity index (χ4v) is 3.31. The summed E-state index contributed by atoms with van der Waals surface area (Å²) in [5, 5.41) is 11.2. The third-order valence-corrected chi connectivity index (χ3v) is 4.94. The number of fused-ring (bicyclic) bond motifs is 1. The molecule has 0 aliphatic carbocycles. The van der Waals surface area contributed by atoms with Crippen LogP contribution in [-0.4, -0.2) is 30.1 Å². The van der Waals surface area contributed by atoms with Crippen molar-refractivity contribution in [1.29, 1.82) is 0 Å². The smallest absolute Gasteiger partial charge is 0.271 e. The number of hydrogen-bond acceptors (Lipinski definition) is 5. The van der Waals surface area contributed by atoms with Crippen molar-refractivity contribution < 1.29 is 19.2 Å². The SMILES string of the molecule is Cc1ccccc1OCCCCN1C(=O)C(C(C)C)Oc2ccc([N+](=O)[O-])cc21. The van der Waals surface area contributed by atoms with E-state index in [0.717, 1.165) is 17.7 Å². The fourth-order valence-electron chi connectivity index (χ4n) is 3.31. The summed E-state index contributed by atoms with van der Waals surface area (Å²) in [6, 6.07) is 12.2. The highest BCUT2D eigenvalue weighted by Gasteiger charge is 2.36. The Labute approximate surface area is 170 Å². The first-order chi connectivity index (χ1) is 13.9. The van der Waals surface area contributed by atoms with Gasteiger partial charge in [0.25, 0.3) is 11.6 Å². The van der Waals surface area contributed by atoms with E-state index < -0.39 is 11.0 Å². The molecule has 0 saturated heterocycles. The number of anilines is 1. The van der Waals surface area contributed by atoms with Crippen molar-refractivity contribution in [3.05, 3.63) is 58.1 Å². The van der Waals surface area contributed by atoms with E-state index in [1.54, 1.807) is 11.0 Å². The van der Waals surface area contributed by atoms with Gasteiger partial charge in [0.05, 0.1) is 17.2 Å². The van der Waals surface area contributed by atoms with Crippen LogP contribution in [0.15, 0.2) is 42.5 Å². The minimum atomic E-state index is -0.591. The number of ether oxygens (including phenoxy) is 2. The van der Waals surface area contributed by atoms with Crippen LogP contribution < -0.4 is 14.4 Å². The Morgan fingerprint density at radius 2 is 1.97 bits per heavy atom. The summed E-state index contributed by atoms with van der Waals surface area (Å²) in [5.41, 5.74) is 1.48. The van der Waals surface area contributed by atoms with Gasteiger partial charge in [0.15, 0.2) is 6.10 Å². The number of para-hydroxylation sites is 1. The van der Waals surface area contributed by atoms with Crippen molar-refractivity contribution in [3.8, 4) is 11.5 Å². The quantitative estimate of drug-likeness (QED) is 0.371. The predicted octanol–water partition coefficient (Wildman–Crippen LogP) is 4.51. The van der Waals surface area contributed by atoms with Gasteiger partial charge in [0, 0.05) is 18.7 Å². The molecule has 29 heavy (non-hydrogen) atoms. The van der Waals surface area contributed by atoms with Gasteiger partial charge >= 0.3 is 0 Å². The van der Waals surface area contributed by atoms with Crippen molar-refractivity contribution in [2.24, 2.45) is 5.92 Å². The number of unbranched alkanes of at least 4 members (excludes halogenated alkanes) is 1. The van der Waals surface area contributed by atoms with Gasteiger partial charge in [-0.25, -0.2) is 0 Å². The van der Waals surface area contributed by atoms with Gasteiger partial charge < -0.3 is 14.4 Å². The molecule has 1 heterocycles. The lowest BCUT2D eigenvalue weighted by Crippen LogP contribution is -2.48. The maximum atomic E-state index is 12.9. The Morgan fingerprint density at radius 1 is 1.21 bits per heavy atom. The van der Waals surface area contributed by atoms with Crippen LogP contribution in [0, 0.1) is 23.0 Å². The Balaban J connectivity index is 1.68. The molecule has 0 N–H and O–H groups in total. The van der Waals surface area contributed by atoms with E-state index in [1.165, 1.54) is 12.1 Å². The molecule has 1 aliphatic heterocycles. The highest BCUT2D eigenvalue weighted by Crippen LogP contribution is 2.38. The number of carbonyl (C=O) groups is 1. The van der Waals surface area contributed by atoms with Crippen LogP contribution >= 0.6 is 0 Å². The van der Waals surface area contributed by atoms with Crippen LogP contribution in [0.2, 0.25) is 0 Å². The summed E-state index contributed by atoms with van der Waals surface area (Å²) in [6.45, 7) is 6.84. The molecule has 0 bridgehead atoms. The lowest BCUT2D eigenvalue weighted by atomic mass is 10.0. The molecule has 1 amide bonds. The molecular weight excluding hydrogens is 372 g/mol. The number of nitro groups is 1. The van der Waals surface area contributed by atoms with Crippen molar-refractivity contribution >= 4 is 17.3 Å². The van der Waals surface area contributed by atoms with Crippen molar-refractivity contribution in [3.63, 3.8) is 0 Å². The van der Waals surface area contributed by atoms with E-state index in [0.29, 0.717) is 31.0 Å². The molecule has 1 unspecified atom stereocenters. The van der Waals surface area contributed by atoms with E-state index in [4.69, 9.17) is 9.47 Å². The fraction of sp³-hybridized carbons (Fsp3) is 0.409. The average molecular weight is 398 g/mol. The summed E-state index contributed by atoms with van der Waals surface area (Å²) in [6.07, 6.45) is 0.882. The lowest BCUT2D eigenvalue weighted by molar-refractivity contribution is -0.384. The van der Waals surface area contributed by atoms with Gasteiger partial charge in [-0.1, -0.05) is 32.0 Å². The molecule has 2 aromatic rings. The highest BCUT2D eigenvalue weighted by molar-refractivity contribution is 6.00. The van der Waals surface area contributed by atoms with Crippen LogP contribution in [0.25, 0.3) is 0 Å². The first-order valence-electron chi connectivity index (χ1n) is 9.83. The van der Waals surface area contributed by atoms with E-state index in [9.17, 15) is 14.9 Å². The Hall–Kier alpha value is -3.09. The van der Waals surface area contributed by atoms with E-state index in [-0.39, 0.29) is 17.5 Å². The van der Waals surface area contributed by atoms with Crippen LogP contribution in [0.4, 0.5) is 11.4 Å². The maximum absolute atomic E-state index is 12.9. The van der Waals surface area contributed by atoms with Gasteiger partial charge in [0.1, 0.15) is 11.5 Å². The summed E-state index contributed by atoms with van der Waals surface area (Å²) >= 11 is 0. The average Bonchev–Trinajstić information content (AvgIpc) is 2.69. The monoisotopic (exact) mass is 398 g/mol.